The van der Waals surface area contributed by atoms with E-state index in [0.29, 0.717) is 17.0 Å². The number of aliphatic carboxylic acids is 1. The predicted octanol–water partition coefficient (Wildman–Crippen LogP) is 0.976. The van der Waals surface area contributed by atoms with Gasteiger partial charge in [-0.1, -0.05) is 6.92 Å². The van der Waals surface area contributed by atoms with Crippen LogP contribution >= 0.6 is 0 Å². The van der Waals surface area contributed by atoms with E-state index in [-0.39, 0.29) is 18.9 Å². The molecule has 1 atom stereocenters. The van der Waals surface area contributed by atoms with Crippen molar-refractivity contribution in [1.82, 2.24) is 24.6 Å². The Labute approximate surface area is 133 Å². The number of rotatable bonds is 4. The van der Waals surface area contributed by atoms with Gasteiger partial charge in [0.1, 0.15) is 6.04 Å². The second kappa shape index (κ2) is 5.86. The van der Waals surface area contributed by atoms with Gasteiger partial charge in [0.15, 0.2) is 0 Å². The quantitative estimate of drug-likeness (QED) is 0.874. The molecule has 0 radical (unpaired) electrons. The van der Waals surface area contributed by atoms with Gasteiger partial charge in [-0.2, -0.15) is 5.10 Å². The van der Waals surface area contributed by atoms with Crippen LogP contribution in [0, 0.1) is 6.92 Å². The van der Waals surface area contributed by atoms with E-state index in [2.05, 4.69) is 15.1 Å². The van der Waals surface area contributed by atoms with E-state index in [1.807, 2.05) is 6.92 Å². The Kier molecular flexibility index (Phi) is 3.89. The number of carbonyl (C=O) groups is 2. The number of carboxylic acid groups (broad SMARTS) is 1. The van der Waals surface area contributed by atoms with E-state index in [1.54, 1.807) is 17.8 Å². The summed E-state index contributed by atoms with van der Waals surface area (Å²) in [7, 11) is 0. The summed E-state index contributed by atoms with van der Waals surface area (Å²) < 4.78 is 1.73. The molecule has 0 saturated heterocycles. The molecule has 3 rings (SSSR count). The summed E-state index contributed by atoms with van der Waals surface area (Å²) in [5, 5.41) is 13.8. The van der Waals surface area contributed by atoms with E-state index in [9.17, 15) is 14.7 Å². The Morgan fingerprint density at radius 2 is 2.26 bits per heavy atom. The van der Waals surface area contributed by atoms with Crippen LogP contribution < -0.4 is 0 Å². The van der Waals surface area contributed by atoms with Gasteiger partial charge in [-0.05, 0) is 13.3 Å². The first-order chi connectivity index (χ1) is 11.0. The van der Waals surface area contributed by atoms with Crippen LogP contribution in [0.4, 0.5) is 0 Å². The lowest BCUT2D eigenvalue weighted by molar-refractivity contribution is -0.142. The molecule has 1 amide bonds. The third-order valence-electron chi connectivity index (χ3n) is 4.07. The molecule has 1 aliphatic heterocycles. The predicted molar refractivity (Wildman–Crippen MR) is 80.8 cm³/mol. The monoisotopic (exact) mass is 317 g/mol. The van der Waals surface area contributed by atoms with E-state index < -0.39 is 12.0 Å². The number of carbonyl (C=O) groups excluding carboxylic acids is 1. The van der Waals surface area contributed by atoms with Gasteiger partial charge < -0.3 is 15.0 Å². The third-order valence-corrected chi connectivity index (χ3v) is 4.07. The highest BCUT2D eigenvalue weighted by Crippen LogP contribution is 2.23. The van der Waals surface area contributed by atoms with E-state index in [0.717, 1.165) is 18.7 Å². The lowest BCUT2D eigenvalue weighted by atomic mass is 10.0. The molecule has 122 valence electrons. The number of hydrogen-bond donors (Lipinski definition) is 2. The summed E-state index contributed by atoms with van der Waals surface area (Å²) in [5.74, 6) is -1.33. The van der Waals surface area contributed by atoms with Gasteiger partial charge in [0.25, 0.3) is 5.91 Å². The van der Waals surface area contributed by atoms with Crippen LogP contribution in [-0.2, 0) is 24.3 Å². The number of nitrogens with one attached hydrogen (secondary N) is 1. The number of nitrogens with zero attached hydrogens (tertiary/aromatic N) is 4. The minimum absolute atomic E-state index is 0.210. The minimum Gasteiger partial charge on any atom is -0.480 e. The van der Waals surface area contributed by atoms with Gasteiger partial charge in [-0.3, -0.25) is 9.48 Å². The molecule has 8 heteroatoms. The maximum atomic E-state index is 12.9. The lowest BCUT2D eigenvalue weighted by Gasteiger charge is -2.32. The molecule has 0 fully saturated rings. The van der Waals surface area contributed by atoms with Crippen molar-refractivity contribution in [2.45, 2.75) is 45.8 Å². The zero-order chi connectivity index (χ0) is 16.6. The molecule has 0 aliphatic carbocycles. The molecule has 2 N–H and O–H groups in total. The van der Waals surface area contributed by atoms with E-state index >= 15 is 0 Å². The Hall–Kier alpha value is -2.64. The number of carboxylic acids is 1. The Morgan fingerprint density at radius 3 is 2.96 bits per heavy atom. The van der Waals surface area contributed by atoms with Crippen LogP contribution in [0.5, 0.6) is 0 Å². The summed E-state index contributed by atoms with van der Waals surface area (Å²) in [6, 6.07) is -0.910. The smallest absolute Gasteiger partial charge is 0.326 e. The zero-order valence-corrected chi connectivity index (χ0v) is 13.1. The number of H-pyrrole nitrogens is 1. The normalized spacial score (nSPS) is 17.1. The molecule has 8 nitrogen and oxygen atoms in total. The van der Waals surface area contributed by atoms with Crippen LogP contribution in [0.15, 0.2) is 12.5 Å². The van der Waals surface area contributed by atoms with E-state index in [4.69, 9.17) is 0 Å². The first-order valence-corrected chi connectivity index (χ1v) is 7.60. The molecular formula is C15H19N5O3. The molecule has 2 aromatic rings. The summed E-state index contributed by atoms with van der Waals surface area (Å²) in [4.78, 5) is 32.9. The van der Waals surface area contributed by atoms with Crippen LogP contribution in [0.25, 0.3) is 0 Å². The number of hydrogen-bond acceptors (Lipinski definition) is 4. The second-order valence-corrected chi connectivity index (χ2v) is 5.71. The van der Waals surface area contributed by atoms with Crippen LogP contribution in [0.2, 0.25) is 0 Å². The van der Waals surface area contributed by atoms with Gasteiger partial charge in [0.05, 0.1) is 35.5 Å². The fourth-order valence-electron chi connectivity index (χ4n) is 2.90. The second-order valence-electron chi connectivity index (χ2n) is 5.71. The average molecular weight is 317 g/mol. The largest absolute Gasteiger partial charge is 0.480 e. The van der Waals surface area contributed by atoms with Crippen molar-refractivity contribution in [2.75, 3.05) is 0 Å². The molecule has 0 bridgehead atoms. The maximum Gasteiger partial charge on any atom is 0.326 e. The molecular weight excluding hydrogens is 298 g/mol. The fourth-order valence-corrected chi connectivity index (χ4v) is 2.90. The first kappa shape index (κ1) is 15.3. The van der Waals surface area contributed by atoms with Crippen molar-refractivity contribution in [2.24, 2.45) is 0 Å². The van der Waals surface area contributed by atoms with Gasteiger partial charge >= 0.3 is 5.97 Å². The Bertz CT molecular complexity index is 748. The standard InChI is InChI=1S/C15H19N5O3/c1-3-4-19-6-10(9(2)18-19)14(21)20-7-12-11(16-8-17-12)5-13(20)15(22)23/h6,8,13H,3-5,7H2,1-2H3,(H,16,17)(H,22,23). The van der Waals surface area contributed by atoms with Crippen molar-refractivity contribution < 1.29 is 14.7 Å². The summed E-state index contributed by atoms with van der Waals surface area (Å²) in [5.41, 5.74) is 2.56. The van der Waals surface area contributed by atoms with Crippen molar-refractivity contribution in [3.05, 3.63) is 35.2 Å². The summed E-state index contributed by atoms with van der Waals surface area (Å²) in [6.45, 7) is 4.73. The molecule has 0 spiro atoms. The molecule has 23 heavy (non-hydrogen) atoms. The summed E-state index contributed by atoms with van der Waals surface area (Å²) >= 11 is 0. The van der Waals surface area contributed by atoms with Gasteiger partial charge in [-0.15, -0.1) is 0 Å². The molecule has 0 aromatic carbocycles. The molecule has 2 aromatic heterocycles. The SMILES string of the molecule is CCCn1cc(C(=O)N2Cc3[nH]cnc3CC2C(=O)O)c(C)n1. The molecule has 0 saturated carbocycles. The van der Waals surface area contributed by atoms with Crippen molar-refractivity contribution >= 4 is 11.9 Å². The highest BCUT2D eigenvalue weighted by Gasteiger charge is 2.37. The fraction of sp³-hybridized carbons (Fsp3) is 0.467. The minimum atomic E-state index is -1.02. The molecule has 1 unspecified atom stereocenters. The van der Waals surface area contributed by atoms with Crippen LogP contribution in [-0.4, -0.2) is 47.7 Å². The number of aromatic amines is 1. The number of fused-ring (bicyclic) bond motifs is 1. The topological polar surface area (TPSA) is 104 Å². The Balaban J connectivity index is 1.92. The Morgan fingerprint density at radius 1 is 1.48 bits per heavy atom. The molecule has 1 aliphatic rings. The first-order valence-electron chi connectivity index (χ1n) is 7.60. The zero-order valence-electron chi connectivity index (χ0n) is 13.1. The van der Waals surface area contributed by atoms with Gasteiger partial charge in [0.2, 0.25) is 0 Å². The number of aromatic nitrogens is 4. The van der Waals surface area contributed by atoms with Crippen LogP contribution in [0.3, 0.4) is 0 Å². The number of aryl methyl sites for hydroxylation is 2. The average Bonchev–Trinajstić information content (AvgIpc) is 3.11. The van der Waals surface area contributed by atoms with Crippen molar-refractivity contribution in [3.8, 4) is 0 Å². The van der Waals surface area contributed by atoms with Crippen LogP contribution in [0.1, 0.15) is 40.8 Å². The lowest BCUT2D eigenvalue weighted by Crippen LogP contribution is -2.48. The highest BCUT2D eigenvalue weighted by molar-refractivity contribution is 5.97. The van der Waals surface area contributed by atoms with Gasteiger partial charge in [-0.25, -0.2) is 9.78 Å². The van der Waals surface area contributed by atoms with E-state index in [1.165, 1.54) is 11.2 Å². The van der Waals surface area contributed by atoms with Crippen molar-refractivity contribution in [1.29, 1.82) is 0 Å². The molecule has 3 heterocycles. The number of amides is 1. The highest BCUT2D eigenvalue weighted by atomic mass is 16.4. The maximum absolute atomic E-state index is 12.9. The third kappa shape index (κ3) is 2.71. The van der Waals surface area contributed by atoms with Gasteiger partial charge in [0, 0.05) is 19.2 Å². The number of imidazole rings is 1. The summed E-state index contributed by atoms with van der Waals surface area (Å²) in [6.07, 6.45) is 4.35. The van der Waals surface area contributed by atoms with Crippen molar-refractivity contribution in [3.63, 3.8) is 0 Å².